The van der Waals surface area contributed by atoms with Gasteiger partial charge >= 0.3 is 0 Å². The highest BCUT2D eigenvalue weighted by atomic mass is 16.5. The van der Waals surface area contributed by atoms with E-state index in [4.69, 9.17) is 4.74 Å². The summed E-state index contributed by atoms with van der Waals surface area (Å²) >= 11 is 0. The van der Waals surface area contributed by atoms with Crippen LogP contribution in [-0.4, -0.2) is 36.7 Å². The van der Waals surface area contributed by atoms with Crippen LogP contribution >= 0.6 is 0 Å². The van der Waals surface area contributed by atoms with E-state index in [-0.39, 0.29) is 0 Å². The molecule has 0 bridgehead atoms. The number of benzene rings is 2. The van der Waals surface area contributed by atoms with Gasteiger partial charge in [-0.2, -0.15) is 0 Å². The molecule has 0 radical (unpaired) electrons. The molecular weight excluding hydrogens is 270 g/mol. The minimum Gasteiger partial charge on any atom is -0.373 e. The number of ether oxygens (including phenoxy) is 1. The average Bonchev–Trinajstić information content (AvgIpc) is 3.25. The highest BCUT2D eigenvalue weighted by Gasteiger charge is 2.40. The lowest BCUT2D eigenvalue weighted by Crippen LogP contribution is -2.46. The van der Waals surface area contributed by atoms with Gasteiger partial charge in [0.05, 0.1) is 12.2 Å². The van der Waals surface area contributed by atoms with Crippen LogP contribution in [0.1, 0.15) is 31.7 Å². The third-order valence-electron chi connectivity index (χ3n) is 5.11. The molecule has 1 saturated carbocycles. The molecule has 2 heteroatoms. The van der Waals surface area contributed by atoms with Crippen LogP contribution in [-0.2, 0) is 4.74 Å². The van der Waals surface area contributed by atoms with Gasteiger partial charge in [-0.15, -0.1) is 0 Å². The van der Waals surface area contributed by atoms with Crippen molar-refractivity contribution in [2.24, 2.45) is 5.92 Å². The van der Waals surface area contributed by atoms with Crippen molar-refractivity contribution in [2.75, 3.05) is 19.6 Å². The molecule has 0 amide bonds. The predicted molar refractivity (Wildman–Crippen MR) is 91.2 cm³/mol. The Labute approximate surface area is 133 Å². The molecule has 2 fully saturated rings. The number of nitrogens with zero attached hydrogens (tertiary/aromatic N) is 1. The van der Waals surface area contributed by atoms with Crippen molar-refractivity contribution in [3.05, 3.63) is 48.0 Å². The smallest absolute Gasteiger partial charge is 0.0678 e. The summed E-state index contributed by atoms with van der Waals surface area (Å²) in [4.78, 5) is 2.60. The summed E-state index contributed by atoms with van der Waals surface area (Å²) in [6, 6.07) is 15.7. The number of rotatable bonds is 3. The van der Waals surface area contributed by atoms with Crippen molar-refractivity contribution in [1.82, 2.24) is 4.90 Å². The van der Waals surface area contributed by atoms with E-state index in [0.717, 1.165) is 24.9 Å². The van der Waals surface area contributed by atoms with Crippen LogP contribution in [0.5, 0.6) is 0 Å². The van der Waals surface area contributed by atoms with E-state index in [0.29, 0.717) is 12.2 Å². The molecule has 116 valence electrons. The Hall–Kier alpha value is -1.38. The SMILES string of the molecule is C[C@@H]1CN(C[C@@H]2C[C@H]2c2ccc3ccccc3c2)C[C@H](C)O1. The Morgan fingerprint density at radius 2 is 1.73 bits per heavy atom. The first-order chi connectivity index (χ1) is 10.7. The van der Waals surface area contributed by atoms with Gasteiger partial charge in [-0.05, 0) is 48.4 Å². The van der Waals surface area contributed by atoms with E-state index in [1.54, 1.807) is 0 Å². The summed E-state index contributed by atoms with van der Waals surface area (Å²) in [6.07, 6.45) is 2.10. The lowest BCUT2D eigenvalue weighted by Gasteiger charge is -2.35. The first-order valence-corrected chi connectivity index (χ1v) is 8.55. The third-order valence-corrected chi connectivity index (χ3v) is 5.11. The van der Waals surface area contributed by atoms with E-state index >= 15 is 0 Å². The van der Waals surface area contributed by atoms with Gasteiger partial charge in [-0.3, -0.25) is 4.90 Å². The Balaban J connectivity index is 1.42. The van der Waals surface area contributed by atoms with E-state index in [2.05, 4.69) is 61.2 Å². The highest BCUT2D eigenvalue weighted by molar-refractivity contribution is 5.83. The second-order valence-corrected chi connectivity index (χ2v) is 7.18. The molecule has 0 spiro atoms. The molecule has 4 rings (SSSR count). The van der Waals surface area contributed by atoms with Crippen LogP contribution in [0.15, 0.2) is 42.5 Å². The normalized spacial score (nSPS) is 32.3. The highest BCUT2D eigenvalue weighted by Crippen LogP contribution is 2.48. The number of hydrogen-bond donors (Lipinski definition) is 0. The maximum atomic E-state index is 5.84. The van der Waals surface area contributed by atoms with Crippen molar-refractivity contribution in [3.63, 3.8) is 0 Å². The summed E-state index contributed by atoms with van der Waals surface area (Å²) in [5, 5.41) is 2.72. The van der Waals surface area contributed by atoms with Crippen molar-refractivity contribution in [2.45, 2.75) is 38.4 Å². The van der Waals surface area contributed by atoms with Crippen molar-refractivity contribution in [1.29, 1.82) is 0 Å². The fourth-order valence-corrected chi connectivity index (χ4v) is 4.06. The first-order valence-electron chi connectivity index (χ1n) is 8.55. The van der Waals surface area contributed by atoms with Crippen LogP contribution in [0.25, 0.3) is 10.8 Å². The fourth-order valence-electron chi connectivity index (χ4n) is 4.06. The van der Waals surface area contributed by atoms with Crippen LogP contribution in [0.3, 0.4) is 0 Å². The quantitative estimate of drug-likeness (QED) is 0.847. The molecule has 2 aromatic rings. The standard InChI is InChI=1S/C20H25NO/c1-14-11-21(12-15(2)22-14)13-19-10-20(19)18-8-7-16-5-3-4-6-17(16)9-18/h3-9,14-15,19-20H,10-13H2,1-2H3/t14-,15+,19-,20-/m0/s1. The van der Waals surface area contributed by atoms with Gasteiger partial charge in [0.1, 0.15) is 0 Å². The number of hydrogen-bond acceptors (Lipinski definition) is 2. The van der Waals surface area contributed by atoms with E-state index < -0.39 is 0 Å². The predicted octanol–water partition coefficient (Wildman–Crippen LogP) is 4.05. The van der Waals surface area contributed by atoms with Gasteiger partial charge in [-0.25, -0.2) is 0 Å². The molecule has 0 N–H and O–H groups in total. The summed E-state index contributed by atoms with van der Waals surface area (Å²) in [7, 11) is 0. The van der Waals surface area contributed by atoms with Gasteiger partial charge in [0.25, 0.3) is 0 Å². The zero-order valence-corrected chi connectivity index (χ0v) is 13.5. The van der Waals surface area contributed by atoms with Crippen LogP contribution < -0.4 is 0 Å². The summed E-state index contributed by atoms with van der Waals surface area (Å²) in [5.41, 5.74) is 1.53. The van der Waals surface area contributed by atoms with Crippen molar-refractivity contribution < 1.29 is 4.74 Å². The van der Waals surface area contributed by atoms with Gasteiger partial charge in [-0.1, -0.05) is 42.5 Å². The molecule has 0 unspecified atom stereocenters. The Morgan fingerprint density at radius 1 is 1.00 bits per heavy atom. The third kappa shape index (κ3) is 2.90. The zero-order chi connectivity index (χ0) is 15.1. The minimum atomic E-state index is 0.376. The van der Waals surface area contributed by atoms with Crippen LogP contribution in [0.2, 0.25) is 0 Å². The first kappa shape index (κ1) is 14.2. The second kappa shape index (κ2) is 5.68. The van der Waals surface area contributed by atoms with Gasteiger partial charge in [0.15, 0.2) is 0 Å². The van der Waals surface area contributed by atoms with Gasteiger partial charge < -0.3 is 4.74 Å². The molecule has 4 atom stereocenters. The zero-order valence-electron chi connectivity index (χ0n) is 13.5. The summed E-state index contributed by atoms with van der Waals surface area (Å²) < 4.78 is 5.84. The molecule has 2 aliphatic rings. The van der Waals surface area contributed by atoms with Crippen molar-refractivity contribution >= 4 is 10.8 Å². The molecule has 22 heavy (non-hydrogen) atoms. The van der Waals surface area contributed by atoms with E-state index in [1.165, 1.54) is 29.3 Å². The lowest BCUT2D eigenvalue weighted by atomic mass is 10.0. The van der Waals surface area contributed by atoms with Gasteiger partial charge in [0.2, 0.25) is 0 Å². The largest absolute Gasteiger partial charge is 0.373 e. The second-order valence-electron chi connectivity index (χ2n) is 7.18. The molecule has 2 aromatic carbocycles. The Morgan fingerprint density at radius 3 is 2.50 bits per heavy atom. The summed E-state index contributed by atoms with van der Waals surface area (Å²) in [6.45, 7) is 7.79. The molecule has 1 aliphatic carbocycles. The molecule has 1 aliphatic heterocycles. The average molecular weight is 295 g/mol. The Bertz CT molecular complexity index is 658. The molecular formula is C20H25NO. The van der Waals surface area contributed by atoms with Crippen LogP contribution in [0.4, 0.5) is 0 Å². The lowest BCUT2D eigenvalue weighted by molar-refractivity contribution is -0.0690. The van der Waals surface area contributed by atoms with Crippen molar-refractivity contribution in [3.8, 4) is 0 Å². The monoisotopic (exact) mass is 295 g/mol. The molecule has 1 heterocycles. The molecule has 0 aromatic heterocycles. The minimum absolute atomic E-state index is 0.376. The Kier molecular flexibility index (Phi) is 3.67. The number of morpholine rings is 1. The summed E-state index contributed by atoms with van der Waals surface area (Å²) in [5.74, 6) is 1.59. The molecule has 2 nitrogen and oxygen atoms in total. The maximum Gasteiger partial charge on any atom is 0.0678 e. The topological polar surface area (TPSA) is 12.5 Å². The van der Waals surface area contributed by atoms with E-state index in [1.807, 2.05) is 0 Å². The number of fused-ring (bicyclic) bond motifs is 1. The van der Waals surface area contributed by atoms with Gasteiger partial charge in [0, 0.05) is 19.6 Å². The van der Waals surface area contributed by atoms with E-state index in [9.17, 15) is 0 Å². The van der Waals surface area contributed by atoms with Crippen LogP contribution in [0, 0.1) is 5.92 Å². The fraction of sp³-hybridized carbons (Fsp3) is 0.500. The molecule has 1 saturated heterocycles. The maximum absolute atomic E-state index is 5.84.